The van der Waals surface area contributed by atoms with Crippen molar-refractivity contribution in [3.63, 3.8) is 0 Å². The largest absolute Gasteiger partial charge is 0.118 e. The van der Waals surface area contributed by atoms with Crippen molar-refractivity contribution in [3.8, 4) is 0 Å². The van der Waals surface area contributed by atoms with Gasteiger partial charge in [-0.1, -0.05) is 156 Å². The maximum atomic E-state index is 4.03. The van der Waals surface area contributed by atoms with E-state index in [1.807, 2.05) is 36.4 Å². The molecular formula is C16H12Br6. The van der Waals surface area contributed by atoms with Gasteiger partial charge in [-0.2, -0.15) is 0 Å². The molecule has 0 amide bonds. The van der Waals surface area contributed by atoms with Gasteiger partial charge in [-0.3, -0.25) is 0 Å². The second-order valence-corrected chi connectivity index (χ2v) is 13.7. The summed E-state index contributed by atoms with van der Waals surface area (Å²) in [5, 5.41) is 0. The Kier molecular flexibility index (Phi) is 7.26. The first-order chi connectivity index (χ1) is 10.3. The van der Waals surface area contributed by atoms with Crippen LogP contribution in [-0.4, -0.2) is 11.8 Å². The lowest BCUT2D eigenvalue weighted by Crippen LogP contribution is -2.47. The smallest absolute Gasteiger partial charge is 0.0844 e. The summed E-state index contributed by atoms with van der Waals surface area (Å²) in [4.78, 5) is 0.0415. The van der Waals surface area contributed by atoms with Crippen molar-refractivity contribution in [3.05, 3.63) is 71.8 Å². The van der Waals surface area contributed by atoms with Crippen molar-refractivity contribution in [2.24, 2.45) is 0 Å². The summed E-state index contributed by atoms with van der Waals surface area (Å²) in [6.07, 6.45) is 0. The Labute approximate surface area is 181 Å². The van der Waals surface area contributed by atoms with E-state index in [0.29, 0.717) is 0 Å². The number of alkyl halides is 6. The van der Waals surface area contributed by atoms with Crippen LogP contribution in [0.4, 0.5) is 0 Å². The molecule has 1 atom stereocenters. The number of hydrogen-bond donors (Lipinski definition) is 0. The molecule has 6 heteroatoms. The summed E-state index contributed by atoms with van der Waals surface area (Å²) < 4.78 is -0.896. The van der Waals surface area contributed by atoms with Crippen molar-refractivity contribution in [2.45, 2.75) is 16.1 Å². The second-order valence-electron chi connectivity index (χ2n) is 4.75. The molecule has 1 unspecified atom stereocenters. The van der Waals surface area contributed by atoms with Crippen LogP contribution in [0.2, 0.25) is 0 Å². The van der Waals surface area contributed by atoms with Crippen LogP contribution in [0.25, 0.3) is 0 Å². The zero-order valence-electron chi connectivity index (χ0n) is 11.2. The molecule has 22 heavy (non-hydrogen) atoms. The van der Waals surface area contributed by atoms with Crippen LogP contribution in [0, 0.1) is 0 Å². The van der Waals surface area contributed by atoms with Gasteiger partial charge in [-0.25, -0.2) is 0 Å². The van der Waals surface area contributed by atoms with E-state index in [4.69, 9.17) is 0 Å². The molecule has 0 fully saturated rings. The summed E-state index contributed by atoms with van der Waals surface area (Å²) in [5.74, 6) is 0. The fourth-order valence-corrected chi connectivity index (χ4v) is 7.32. The maximum Gasteiger partial charge on any atom is 0.118 e. The highest BCUT2D eigenvalue weighted by molar-refractivity contribution is 9.28. The first-order valence-corrected chi connectivity index (χ1v) is 11.5. The number of benzene rings is 2. The first kappa shape index (κ1) is 19.6. The molecule has 0 radical (unpaired) electrons. The van der Waals surface area contributed by atoms with Gasteiger partial charge in [0.05, 0.1) is 8.56 Å². The van der Waals surface area contributed by atoms with Crippen LogP contribution in [0.5, 0.6) is 0 Å². The van der Waals surface area contributed by atoms with Gasteiger partial charge >= 0.3 is 0 Å². The Hall–Kier alpha value is 1.32. The summed E-state index contributed by atoms with van der Waals surface area (Å²) in [5.41, 5.74) is 2.31. The lowest BCUT2D eigenvalue weighted by atomic mass is 9.87. The highest BCUT2D eigenvalue weighted by Gasteiger charge is 2.54. The Balaban J connectivity index is 2.67. The predicted octanol–water partition coefficient (Wildman–Crippen LogP) is 7.69. The average Bonchev–Trinajstić information content (AvgIpc) is 2.54. The molecule has 0 saturated heterocycles. The van der Waals surface area contributed by atoms with E-state index < -0.39 is 7.56 Å². The van der Waals surface area contributed by atoms with Crippen LogP contribution in [0.1, 0.15) is 11.1 Å². The standard InChI is InChI=1S/C16H12Br6/c17-13(14(18)19)16(21,22)15(20,11-7-3-1-4-8-11)12-9-5-2-6-10-12/h1-10,13-14H. The Bertz CT molecular complexity index is 557. The third-order valence-electron chi connectivity index (χ3n) is 3.37. The molecule has 0 aromatic heterocycles. The maximum absolute atomic E-state index is 4.03. The average molecular weight is 684 g/mol. The fraction of sp³-hybridized carbons (Fsp3) is 0.250. The summed E-state index contributed by atoms with van der Waals surface area (Å²) >= 11 is 22.8. The van der Waals surface area contributed by atoms with E-state index in [1.54, 1.807) is 0 Å². The van der Waals surface area contributed by atoms with Gasteiger partial charge in [-0.05, 0) is 11.1 Å². The van der Waals surface area contributed by atoms with Crippen LogP contribution in [0.3, 0.4) is 0 Å². The molecule has 118 valence electrons. The van der Waals surface area contributed by atoms with Gasteiger partial charge in [0.1, 0.15) is 7.56 Å². The van der Waals surface area contributed by atoms with E-state index >= 15 is 0 Å². The topological polar surface area (TPSA) is 0 Å². The first-order valence-electron chi connectivity index (χ1n) is 6.41. The minimum absolute atomic E-state index is 0.0415. The molecule has 0 spiro atoms. The van der Waals surface area contributed by atoms with Crippen molar-refractivity contribution in [1.29, 1.82) is 0 Å². The van der Waals surface area contributed by atoms with E-state index in [-0.39, 0.29) is 8.56 Å². The minimum atomic E-state index is -0.493. The molecule has 0 heterocycles. The van der Waals surface area contributed by atoms with Crippen LogP contribution >= 0.6 is 95.6 Å². The van der Waals surface area contributed by atoms with Crippen molar-refractivity contribution >= 4 is 95.6 Å². The number of hydrogen-bond acceptors (Lipinski definition) is 0. The monoisotopic (exact) mass is 678 g/mol. The van der Waals surface area contributed by atoms with Crippen molar-refractivity contribution in [1.82, 2.24) is 0 Å². The van der Waals surface area contributed by atoms with Crippen molar-refractivity contribution < 1.29 is 0 Å². The number of halogens is 6. The summed E-state index contributed by atoms with van der Waals surface area (Å²) in [7, 11) is 0. The van der Waals surface area contributed by atoms with Gasteiger partial charge < -0.3 is 0 Å². The molecular weight excluding hydrogens is 672 g/mol. The fourth-order valence-electron chi connectivity index (χ4n) is 2.24. The molecule has 0 aliphatic rings. The van der Waals surface area contributed by atoms with Crippen LogP contribution in [0.15, 0.2) is 60.7 Å². The van der Waals surface area contributed by atoms with Gasteiger partial charge in [-0.15, -0.1) is 0 Å². The SMILES string of the molecule is BrC(Br)C(Br)C(Br)(Br)C(Br)(c1ccccc1)c1ccccc1. The lowest BCUT2D eigenvalue weighted by Gasteiger charge is -2.43. The molecule has 0 aliphatic carbocycles. The molecule has 0 bridgehead atoms. The summed E-state index contributed by atoms with van der Waals surface area (Å²) in [6, 6.07) is 20.7. The van der Waals surface area contributed by atoms with Gasteiger partial charge in [0.25, 0.3) is 0 Å². The highest BCUT2D eigenvalue weighted by atomic mass is 79.9. The van der Waals surface area contributed by atoms with Crippen LogP contribution < -0.4 is 0 Å². The number of rotatable bonds is 5. The van der Waals surface area contributed by atoms with Crippen LogP contribution in [-0.2, 0) is 4.32 Å². The minimum Gasteiger partial charge on any atom is -0.0844 e. The Morgan fingerprint density at radius 3 is 1.32 bits per heavy atom. The summed E-state index contributed by atoms with van der Waals surface area (Å²) in [6.45, 7) is 0. The van der Waals surface area contributed by atoms with E-state index in [2.05, 4.69) is 120 Å². The molecule has 0 nitrogen and oxygen atoms in total. The molecule has 0 saturated carbocycles. The Morgan fingerprint density at radius 2 is 1.00 bits per heavy atom. The predicted molar refractivity (Wildman–Crippen MR) is 118 cm³/mol. The molecule has 2 rings (SSSR count). The normalized spacial score (nSPS) is 14.1. The van der Waals surface area contributed by atoms with Gasteiger partial charge in [0.2, 0.25) is 0 Å². The zero-order chi connectivity index (χ0) is 16.4. The Morgan fingerprint density at radius 1 is 0.636 bits per heavy atom. The molecule has 0 N–H and O–H groups in total. The third kappa shape index (κ3) is 3.77. The highest BCUT2D eigenvalue weighted by Crippen LogP contribution is 2.59. The van der Waals surface area contributed by atoms with E-state index in [1.165, 1.54) is 0 Å². The zero-order valence-corrected chi connectivity index (χ0v) is 20.7. The second kappa shape index (κ2) is 8.13. The van der Waals surface area contributed by atoms with Gasteiger partial charge in [0.15, 0.2) is 0 Å². The lowest BCUT2D eigenvalue weighted by molar-refractivity contribution is 0.670. The molecule has 2 aromatic rings. The van der Waals surface area contributed by atoms with E-state index in [0.717, 1.165) is 11.1 Å². The van der Waals surface area contributed by atoms with Crippen molar-refractivity contribution in [2.75, 3.05) is 0 Å². The van der Waals surface area contributed by atoms with E-state index in [9.17, 15) is 0 Å². The van der Waals surface area contributed by atoms with Gasteiger partial charge in [0, 0.05) is 0 Å². The quantitative estimate of drug-likeness (QED) is 0.284. The third-order valence-corrected chi connectivity index (χ3v) is 13.1. The molecule has 0 aliphatic heterocycles. The molecule has 2 aromatic carbocycles.